The fraction of sp³-hybridized carbons (Fsp3) is 0.400. The van der Waals surface area contributed by atoms with Crippen LogP contribution in [-0.4, -0.2) is 37.0 Å². The average molecular weight is 341 g/mol. The van der Waals surface area contributed by atoms with E-state index >= 15 is 0 Å². The Hall–Kier alpha value is -2.40. The number of phenols is 1. The highest BCUT2D eigenvalue weighted by atomic mass is 16.7. The number of likely N-dealkylation sites (tertiary alicyclic amines) is 1. The molecule has 2 aliphatic heterocycles. The SMILES string of the molecule is COc1ccc(C(c2cc3c(cc2O)OCO3)N2CCCCC2)cc1. The minimum atomic E-state index is -0.0132. The molecule has 2 heterocycles. The van der Waals surface area contributed by atoms with Crippen LogP contribution in [0.1, 0.15) is 36.4 Å². The zero-order valence-electron chi connectivity index (χ0n) is 14.4. The van der Waals surface area contributed by atoms with E-state index in [9.17, 15) is 5.11 Å². The van der Waals surface area contributed by atoms with Crippen LogP contribution in [0.15, 0.2) is 36.4 Å². The van der Waals surface area contributed by atoms with Crippen molar-refractivity contribution in [2.75, 3.05) is 27.0 Å². The zero-order valence-corrected chi connectivity index (χ0v) is 14.4. The van der Waals surface area contributed by atoms with Gasteiger partial charge in [-0.3, -0.25) is 4.90 Å². The lowest BCUT2D eigenvalue weighted by Gasteiger charge is -2.35. The summed E-state index contributed by atoms with van der Waals surface area (Å²) in [7, 11) is 1.67. The Morgan fingerprint density at radius 1 is 1.00 bits per heavy atom. The molecular weight excluding hydrogens is 318 g/mol. The van der Waals surface area contributed by atoms with Gasteiger partial charge in [-0.2, -0.15) is 0 Å². The quantitative estimate of drug-likeness (QED) is 0.919. The van der Waals surface area contributed by atoms with Crippen molar-refractivity contribution in [1.82, 2.24) is 4.90 Å². The van der Waals surface area contributed by atoms with E-state index in [4.69, 9.17) is 14.2 Å². The van der Waals surface area contributed by atoms with Crippen LogP contribution in [0.5, 0.6) is 23.0 Å². The molecule has 2 aromatic carbocycles. The molecule has 1 unspecified atom stereocenters. The number of rotatable bonds is 4. The Bertz CT molecular complexity index is 738. The Balaban J connectivity index is 1.76. The van der Waals surface area contributed by atoms with Crippen molar-refractivity contribution in [2.45, 2.75) is 25.3 Å². The van der Waals surface area contributed by atoms with Gasteiger partial charge in [0, 0.05) is 11.6 Å². The van der Waals surface area contributed by atoms with Gasteiger partial charge in [-0.25, -0.2) is 0 Å². The van der Waals surface area contributed by atoms with Gasteiger partial charge in [0.1, 0.15) is 11.5 Å². The lowest BCUT2D eigenvalue weighted by atomic mass is 9.93. The van der Waals surface area contributed by atoms with Gasteiger partial charge < -0.3 is 19.3 Å². The molecule has 132 valence electrons. The Labute approximate surface area is 147 Å². The summed E-state index contributed by atoms with van der Waals surface area (Å²) in [6, 6.07) is 11.6. The van der Waals surface area contributed by atoms with Crippen molar-refractivity contribution in [3.8, 4) is 23.0 Å². The first-order valence-electron chi connectivity index (χ1n) is 8.77. The predicted octanol–water partition coefficient (Wildman–Crippen LogP) is 3.70. The molecule has 0 amide bonds. The second kappa shape index (κ2) is 6.84. The van der Waals surface area contributed by atoms with Crippen LogP contribution in [0, 0.1) is 0 Å². The summed E-state index contributed by atoms with van der Waals surface area (Å²) in [5, 5.41) is 10.7. The molecule has 1 N–H and O–H groups in total. The third-order valence-electron chi connectivity index (χ3n) is 5.00. The molecule has 0 spiro atoms. The molecule has 4 rings (SSSR count). The fourth-order valence-corrected chi connectivity index (χ4v) is 3.72. The highest BCUT2D eigenvalue weighted by Gasteiger charge is 2.29. The smallest absolute Gasteiger partial charge is 0.231 e. The van der Waals surface area contributed by atoms with Gasteiger partial charge in [-0.1, -0.05) is 18.6 Å². The van der Waals surface area contributed by atoms with Crippen LogP contribution in [-0.2, 0) is 0 Å². The maximum atomic E-state index is 10.7. The number of ether oxygens (including phenoxy) is 3. The molecule has 25 heavy (non-hydrogen) atoms. The summed E-state index contributed by atoms with van der Waals surface area (Å²) in [5.74, 6) is 2.38. The summed E-state index contributed by atoms with van der Waals surface area (Å²) in [6.45, 7) is 2.24. The molecule has 0 aromatic heterocycles. The molecule has 0 saturated carbocycles. The monoisotopic (exact) mass is 341 g/mol. The summed E-state index contributed by atoms with van der Waals surface area (Å²) in [5.41, 5.74) is 1.99. The summed E-state index contributed by atoms with van der Waals surface area (Å²) in [6.07, 6.45) is 3.62. The van der Waals surface area contributed by atoms with Crippen molar-refractivity contribution in [3.05, 3.63) is 47.5 Å². The number of methoxy groups -OCH3 is 1. The minimum Gasteiger partial charge on any atom is -0.507 e. The standard InChI is InChI=1S/C20H23NO4/c1-23-15-7-5-14(6-8-15)20(21-9-3-2-4-10-21)16-11-18-19(12-17(16)22)25-13-24-18/h5-8,11-12,20,22H,2-4,9-10,13H2,1H3. The molecule has 5 nitrogen and oxygen atoms in total. The van der Waals surface area contributed by atoms with Gasteiger partial charge in [-0.15, -0.1) is 0 Å². The van der Waals surface area contributed by atoms with E-state index in [0.29, 0.717) is 11.5 Å². The second-order valence-electron chi connectivity index (χ2n) is 6.54. The van der Waals surface area contributed by atoms with E-state index in [-0.39, 0.29) is 18.6 Å². The van der Waals surface area contributed by atoms with Gasteiger partial charge in [0.05, 0.1) is 13.2 Å². The van der Waals surface area contributed by atoms with Crippen LogP contribution in [0.3, 0.4) is 0 Å². The number of benzene rings is 2. The van der Waals surface area contributed by atoms with Crippen LogP contribution < -0.4 is 14.2 Å². The molecule has 0 radical (unpaired) electrons. The number of nitrogens with zero attached hydrogens (tertiary/aromatic N) is 1. The van der Waals surface area contributed by atoms with Crippen molar-refractivity contribution >= 4 is 0 Å². The maximum absolute atomic E-state index is 10.7. The van der Waals surface area contributed by atoms with Crippen LogP contribution >= 0.6 is 0 Å². The molecule has 5 heteroatoms. The molecule has 0 aliphatic carbocycles. The first kappa shape index (κ1) is 16.1. The van der Waals surface area contributed by atoms with E-state index in [1.165, 1.54) is 19.3 Å². The highest BCUT2D eigenvalue weighted by molar-refractivity contribution is 5.54. The number of hydrogen-bond acceptors (Lipinski definition) is 5. The predicted molar refractivity (Wildman–Crippen MR) is 94.5 cm³/mol. The largest absolute Gasteiger partial charge is 0.507 e. The van der Waals surface area contributed by atoms with E-state index < -0.39 is 0 Å². The molecule has 2 aliphatic rings. The van der Waals surface area contributed by atoms with Gasteiger partial charge in [0.25, 0.3) is 0 Å². The Kier molecular flexibility index (Phi) is 4.40. The lowest BCUT2D eigenvalue weighted by molar-refractivity contribution is 0.173. The molecule has 1 saturated heterocycles. The van der Waals surface area contributed by atoms with Gasteiger partial charge in [0.2, 0.25) is 6.79 Å². The van der Waals surface area contributed by atoms with Crippen molar-refractivity contribution < 1.29 is 19.3 Å². The third-order valence-corrected chi connectivity index (χ3v) is 5.00. The van der Waals surface area contributed by atoms with Gasteiger partial charge in [-0.05, 0) is 49.7 Å². The Morgan fingerprint density at radius 3 is 2.36 bits per heavy atom. The minimum absolute atomic E-state index is 0.0132. The maximum Gasteiger partial charge on any atom is 0.231 e. The number of hydrogen-bond donors (Lipinski definition) is 1. The molecule has 1 fully saturated rings. The second-order valence-corrected chi connectivity index (χ2v) is 6.54. The van der Waals surface area contributed by atoms with Crippen LogP contribution in [0.2, 0.25) is 0 Å². The van der Waals surface area contributed by atoms with Crippen molar-refractivity contribution in [3.63, 3.8) is 0 Å². The molecular formula is C20H23NO4. The molecule has 2 aromatic rings. The Morgan fingerprint density at radius 2 is 1.68 bits per heavy atom. The normalized spacial score (nSPS) is 18.1. The summed E-state index contributed by atoms with van der Waals surface area (Å²) >= 11 is 0. The fourth-order valence-electron chi connectivity index (χ4n) is 3.72. The zero-order chi connectivity index (χ0) is 17.2. The highest BCUT2D eigenvalue weighted by Crippen LogP contribution is 2.43. The summed E-state index contributed by atoms with van der Waals surface area (Å²) < 4.78 is 16.2. The number of fused-ring (bicyclic) bond motifs is 1. The first-order valence-corrected chi connectivity index (χ1v) is 8.77. The number of piperidine rings is 1. The number of phenolic OH excluding ortho intramolecular Hbond substituents is 1. The topological polar surface area (TPSA) is 51.2 Å². The van der Waals surface area contributed by atoms with E-state index in [2.05, 4.69) is 17.0 Å². The first-order chi connectivity index (χ1) is 12.3. The number of aromatic hydroxyl groups is 1. The van der Waals surface area contributed by atoms with Crippen molar-refractivity contribution in [2.24, 2.45) is 0 Å². The molecule has 0 bridgehead atoms. The van der Waals surface area contributed by atoms with E-state index in [1.807, 2.05) is 18.2 Å². The van der Waals surface area contributed by atoms with Gasteiger partial charge >= 0.3 is 0 Å². The van der Waals surface area contributed by atoms with Gasteiger partial charge in [0.15, 0.2) is 11.5 Å². The van der Waals surface area contributed by atoms with Crippen molar-refractivity contribution in [1.29, 1.82) is 0 Å². The lowest BCUT2D eigenvalue weighted by Crippen LogP contribution is -2.34. The third kappa shape index (κ3) is 3.12. The molecule has 1 atom stereocenters. The van der Waals surface area contributed by atoms with Crippen LogP contribution in [0.25, 0.3) is 0 Å². The van der Waals surface area contributed by atoms with E-state index in [1.54, 1.807) is 13.2 Å². The summed E-state index contributed by atoms with van der Waals surface area (Å²) in [4.78, 5) is 2.43. The average Bonchev–Trinajstić information content (AvgIpc) is 3.11. The van der Waals surface area contributed by atoms with E-state index in [0.717, 1.165) is 30.0 Å². The van der Waals surface area contributed by atoms with Crippen LogP contribution in [0.4, 0.5) is 0 Å².